The van der Waals surface area contributed by atoms with Crippen LogP contribution in [0.2, 0.25) is 0 Å². The Morgan fingerprint density at radius 2 is 1.93 bits per heavy atom. The summed E-state index contributed by atoms with van der Waals surface area (Å²) in [6, 6.07) is 0. The van der Waals surface area contributed by atoms with Gasteiger partial charge in [-0.05, 0) is 13.0 Å². The predicted octanol–water partition coefficient (Wildman–Crippen LogP) is 4.85. The van der Waals surface area contributed by atoms with Gasteiger partial charge in [0, 0.05) is 17.0 Å². The molecule has 0 aliphatic heterocycles. The maximum atomic E-state index is 13.1. The first kappa shape index (κ1) is 13.7. The van der Waals surface area contributed by atoms with Crippen LogP contribution in [0.3, 0.4) is 0 Å². The van der Waals surface area contributed by atoms with Gasteiger partial charge in [0.05, 0.1) is 5.03 Å². The highest BCUT2D eigenvalue weighted by Gasteiger charge is 2.31. The zero-order chi connectivity index (χ0) is 11.4. The topological polar surface area (TPSA) is 0 Å². The second-order valence-electron chi connectivity index (χ2n) is 2.70. The lowest BCUT2D eigenvalue weighted by Gasteiger charge is -2.16. The van der Waals surface area contributed by atoms with E-state index in [2.05, 4.69) is 6.58 Å². The molecule has 0 aromatic heterocycles. The molecule has 80 valence electrons. The second kappa shape index (κ2) is 5.52. The van der Waals surface area contributed by atoms with E-state index in [0.717, 1.165) is 0 Å². The first-order valence-electron chi connectivity index (χ1n) is 4.11. The third kappa shape index (κ3) is 3.81. The van der Waals surface area contributed by atoms with Crippen LogP contribution in [0.25, 0.3) is 0 Å². The molecular formula is C10H12Cl2F2. The van der Waals surface area contributed by atoms with Crippen LogP contribution in [0.5, 0.6) is 0 Å². The maximum Gasteiger partial charge on any atom is 0.273 e. The zero-order valence-corrected chi connectivity index (χ0v) is 9.59. The molecule has 0 saturated carbocycles. The number of hydrogen-bond acceptors (Lipinski definition) is 0. The first-order valence-corrected chi connectivity index (χ1v) is 4.87. The van der Waals surface area contributed by atoms with Crippen LogP contribution in [0.15, 0.2) is 34.4 Å². The SMILES string of the molecule is C=C(/C(Cl)=C\C(Cl)=C/C)C(F)(F)CC. The number of allylic oxidation sites excluding steroid dienone is 5. The minimum Gasteiger partial charge on any atom is -0.201 e. The van der Waals surface area contributed by atoms with E-state index in [1.54, 1.807) is 13.0 Å². The largest absolute Gasteiger partial charge is 0.273 e. The smallest absolute Gasteiger partial charge is 0.201 e. The molecule has 0 unspecified atom stereocenters. The van der Waals surface area contributed by atoms with Crippen LogP contribution < -0.4 is 0 Å². The van der Waals surface area contributed by atoms with Crippen LogP contribution >= 0.6 is 23.2 Å². The molecule has 0 fully saturated rings. The van der Waals surface area contributed by atoms with E-state index < -0.39 is 11.5 Å². The van der Waals surface area contributed by atoms with Gasteiger partial charge in [0.15, 0.2) is 0 Å². The normalized spacial score (nSPS) is 14.4. The van der Waals surface area contributed by atoms with Gasteiger partial charge in [0.25, 0.3) is 5.92 Å². The molecule has 4 heteroatoms. The van der Waals surface area contributed by atoms with E-state index in [0.29, 0.717) is 5.03 Å². The Kier molecular flexibility index (Phi) is 5.38. The summed E-state index contributed by atoms with van der Waals surface area (Å²) in [7, 11) is 0. The van der Waals surface area contributed by atoms with Gasteiger partial charge in [-0.15, -0.1) is 0 Å². The first-order chi connectivity index (χ1) is 6.35. The van der Waals surface area contributed by atoms with Gasteiger partial charge in [-0.3, -0.25) is 0 Å². The summed E-state index contributed by atoms with van der Waals surface area (Å²) >= 11 is 11.2. The molecule has 0 aliphatic rings. The third-order valence-corrected chi connectivity index (χ3v) is 2.38. The Bertz CT molecular complexity index is 278. The fourth-order valence-corrected chi connectivity index (χ4v) is 1.10. The number of halogens is 4. The number of rotatable bonds is 4. The van der Waals surface area contributed by atoms with Crippen molar-refractivity contribution in [2.75, 3.05) is 0 Å². The van der Waals surface area contributed by atoms with Crippen molar-refractivity contribution in [1.82, 2.24) is 0 Å². The van der Waals surface area contributed by atoms with Crippen molar-refractivity contribution in [3.8, 4) is 0 Å². The van der Waals surface area contributed by atoms with Crippen molar-refractivity contribution in [3.05, 3.63) is 34.4 Å². The predicted molar refractivity (Wildman–Crippen MR) is 57.9 cm³/mol. The van der Waals surface area contributed by atoms with Crippen molar-refractivity contribution in [3.63, 3.8) is 0 Å². The van der Waals surface area contributed by atoms with Crippen molar-refractivity contribution in [2.24, 2.45) is 0 Å². The average molecular weight is 241 g/mol. The summed E-state index contributed by atoms with van der Waals surface area (Å²) in [6.45, 7) is 6.30. The van der Waals surface area contributed by atoms with Crippen LogP contribution in [-0.4, -0.2) is 5.92 Å². The van der Waals surface area contributed by atoms with Crippen molar-refractivity contribution >= 4 is 23.2 Å². The molecule has 0 radical (unpaired) electrons. The van der Waals surface area contributed by atoms with Gasteiger partial charge in [-0.1, -0.05) is 42.8 Å². The van der Waals surface area contributed by atoms with Crippen molar-refractivity contribution < 1.29 is 8.78 Å². The summed E-state index contributed by atoms with van der Waals surface area (Å²) in [5.41, 5.74) is -0.401. The standard InChI is InChI=1S/C10H12Cl2F2/c1-4-8(11)6-9(12)7(3)10(13,14)5-2/h4,6H,3,5H2,1-2H3/b8-4+,9-6+. The molecule has 14 heavy (non-hydrogen) atoms. The Morgan fingerprint density at radius 3 is 2.29 bits per heavy atom. The maximum absolute atomic E-state index is 13.1. The summed E-state index contributed by atoms with van der Waals surface area (Å²) in [6.07, 6.45) is 2.49. The van der Waals surface area contributed by atoms with Gasteiger partial charge >= 0.3 is 0 Å². The lowest BCUT2D eigenvalue weighted by atomic mass is 10.1. The molecule has 0 rings (SSSR count). The minimum atomic E-state index is -2.97. The van der Waals surface area contributed by atoms with E-state index in [1.165, 1.54) is 13.0 Å². The third-order valence-electron chi connectivity index (χ3n) is 1.71. The van der Waals surface area contributed by atoms with E-state index >= 15 is 0 Å². The lowest BCUT2D eigenvalue weighted by molar-refractivity contribution is 0.0414. The molecule has 0 nitrogen and oxygen atoms in total. The Morgan fingerprint density at radius 1 is 1.43 bits per heavy atom. The molecule has 0 heterocycles. The molecule has 0 N–H and O–H groups in total. The van der Waals surface area contributed by atoms with E-state index in [-0.39, 0.29) is 11.5 Å². The lowest BCUT2D eigenvalue weighted by Crippen LogP contribution is -2.17. The number of alkyl halides is 2. The summed E-state index contributed by atoms with van der Waals surface area (Å²) in [5.74, 6) is -2.97. The van der Waals surface area contributed by atoms with Crippen LogP contribution in [-0.2, 0) is 0 Å². The quantitative estimate of drug-likeness (QED) is 0.617. The highest BCUT2D eigenvalue weighted by atomic mass is 35.5. The van der Waals surface area contributed by atoms with Crippen LogP contribution in [0, 0.1) is 0 Å². The highest BCUT2D eigenvalue weighted by Crippen LogP contribution is 2.33. The molecular weight excluding hydrogens is 229 g/mol. The minimum absolute atomic E-state index is 0.111. The molecule has 0 aromatic rings. The molecule has 0 atom stereocenters. The Labute approximate surface area is 92.9 Å². The molecule has 0 bridgehead atoms. The molecule has 0 spiro atoms. The van der Waals surface area contributed by atoms with Crippen molar-refractivity contribution in [1.29, 1.82) is 0 Å². The molecule has 0 saturated heterocycles. The second-order valence-corrected chi connectivity index (χ2v) is 3.55. The van der Waals surface area contributed by atoms with Crippen molar-refractivity contribution in [2.45, 2.75) is 26.2 Å². The van der Waals surface area contributed by atoms with Gasteiger partial charge < -0.3 is 0 Å². The van der Waals surface area contributed by atoms with E-state index in [1.807, 2.05) is 0 Å². The summed E-state index contributed by atoms with van der Waals surface area (Å²) in [5, 5.41) is 0.197. The summed E-state index contributed by atoms with van der Waals surface area (Å²) in [4.78, 5) is 0. The molecule has 0 aliphatic carbocycles. The van der Waals surface area contributed by atoms with Gasteiger partial charge in [0.1, 0.15) is 0 Å². The van der Waals surface area contributed by atoms with E-state index in [9.17, 15) is 8.78 Å². The Balaban J connectivity index is 4.80. The monoisotopic (exact) mass is 240 g/mol. The number of hydrogen-bond donors (Lipinski definition) is 0. The molecule has 0 aromatic carbocycles. The van der Waals surface area contributed by atoms with Crippen LogP contribution in [0.1, 0.15) is 20.3 Å². The highest BCUT2D eigenvalue weighted by molar-refractivity contribution is 6.35. The Hall–Kier alpha value is -0.340. The van der Waals surface area contributed by atoms with Crippen LogP contribution in [0.4, 0.5) is 8.78 Å². The fourth-order valence-electron chi connectivity index (χ4n) is 0.680. The van der Waals surface area contributed by atoms with E-state index in [4.69, 9.17) is 23.2 Å². The fraction of sp³-hybridized carbons (Fsp3) is 0.400. The zero-order valence-electron chi connectivity index (χ0n) is 8.08. The van der Waals surface area contributed by atoms with Gasteiger partial charge in [-0.2, -0.15) is 0 Å². The van der Waals surface area contributed by atoms with Gasteiger partial charge in [0.2, 0.25) is 0 Å². The average Bonchev–Trinajstić information content (AvgIpc) is 2.16. The summed E-state index contributed by atoms with van der Waals surface area (Å²) < 4.78 is 26.1. The van der Waals surface area contributed by atoms with Gasteiger partial charge in [-0.25, -0.2) is 8.78 Å². The molecule has 0 amide bonds.